The zero-order chi connectivity index (χ0) is 14.6. The third kappa shape index (κ3) is 4.84. The van der Waals surface area contributed by atoms with Crippen molar-refractivity contribution in [1.29, 1.82) is 0 Å². The highest BCUT2D eigenvalue weighted by atomic mass is 19.1. The molecule has 0 saturated heterocycles. The number of nitrogens with zero attached hydrogens (tertiary/aromatic N) is 1. The number of phenolic OH excluding ortho intramolecular Hbond substituents is 1. The van der Waals surface area contributed by atoms with Crippen LogP contribution in [-0.2, 0) is 0 Å². The molecule has 0 radical (unpaired) electrons. The van der Waals surface area contributed by atoms with E-state index in [1.54, 1.807) is 25.9 Å². The van der Waals surface area contributed by atoms with Crippen LogP contribution < -0.4 is 5.32 Å². The Labute approximate surface area is 111 Å². The van der Waals surface area contributed by atoms with Gasteiger partial charge in [0.15, 0.2) is 0 Å². The number of likely N-dealkylation sites (N-methyl/N-ethyl adjacent to an activating group) is 1. The summed E-state index contributed by atoms with van der Waals surface area (Å²) in [6, 6.07) is 3.13. The van der Waals surface area contributed by atoms with Gasteiger partial charge in [-0.3, -0.25) is 4.79 Å². The minimum absolute atomic E-state index is 0.0000331. The van der Waals surface area contributed by atoms with Crippen LogP contribution in [0.15, 0.2) is 18.2 Å². The van der Waals surface area contributed by atoms with Gasteiger partial charge in [0.1, 0.15) is 11.6 Å². The summed E-state index contributed by atoms with van der Waals surface area (Å²) in [6.45, 7) is 1.95. The number of phenols is 1. The highest BCUT2D eigenvalue weighted by Crippen LogP contribution is 2.17. The second-order valence-corrected chi connectivity index (χ2v) is 5.08. The number of amides is 1. The lowest BCUT2D eigenvalue weighted by Gasteiger charge is -2.27. The molecule has 0 aromatic heterocycles. The van der Waals surface area contributed by atoms with Crippen LogP contribution >= 0.6 is 0 Å². The average molecular weight is 270 g/mol. The number of rotatable bonds is 5. The van der Waals surface area contributed by atoms with Crippen molar-refractivity contribution >= 4 is 5.91 Å². The second-order valence-electron chi connectivity index (χ2n) is 5.08. The van der Waals surface area contributed by atoms with Crippen molar-refractivity contribution in [1.82, 2.24) is 10.2 Å². The van der Waals surface area contributed by atoms with Crippen LogP contribution in [0.3, 0.4) is 0 Å². The van der Waals surface area contributed by atoms with E-state index >= 15 is 0 Å². The summed E-state index contributed by atoms with van der Waals surface area (Å²) in [5, 5.41) is 22.0. The van der Waals surface area contributed by atoms with Crippen molar-refractivity contribution in [2.45, 2.75) is 12.5 Å². The molecule has 1 aromatic rings. The van der Waals surface area contributed by atoms with Gasteiger partial charge in [0.25, 0.3) is 5.91 Å². The Kier molecular flexibility index (Phi) is 4.85. The van der Waals surface area contributed by atoms with Gasteiger partial charge in [0, 0.05) is 13.1 Å². The van der Waals surface area contributed by atoms with E-state index in [4.69, 9.17) is 0 Å². The zero-order valence-electron chi connectivity index (χ0n) is 11.3. The van der Waals surface area contributed by atoms with E-state index in [1.807, 2.05) is 0 Å². The van der Waals surface area contributed by atoms with Crippen LogP contribution in [-0.4, -0.2) is 53.8 Å². The molecule has 1 atom stereocenters. The molecule has 1 unspecified atom stereocenters. The SMILES string of the molecule is CN(C)CC(C)(O)CNC(=O)c1cc(F)ccc1O. The van der Waals surface area contributed by atoms with Gasteiger partial charge in [-0.05, 0) is 39.2 Å². The Bertz CT molecular complexity index is 461. The largest absolute Gasteiger partial charge is 0.507 e. The van der Waals surface area contributed by atoms with Crippen LogP contribution in [0.2, 0.25) is 0 Å². The summed E-state index contributed by atoms with van der Waals surface area (Å²) in [6.07, 6.45) is 0. The second kappa shape index (κ2) is 5.99. The normalized spacial score (nSPS) is 14.2. The molecule has 1 rings (SSSR count). The maximum atomic E-state index is 13.0. The van der Waals surface area contributed by atoms with Gasteiger partial charge < -0.3 is 20.4 Å². The minimum Gasteiger partial charge on any atom is -0.507 e. The summed E-state index contributed by atoms with van der Waals surface area (Å²) in [7, 11) is 3.60. The standard InChI is InChI=1S/C13H19FN2O3/c1-13(19,8-16(2)3)7-15-12(18)10-6-9(14)4-5-11(10)17/h4-6,17,19H,7-8H2,1-3H3,(H,15,18). The van der Waals surface area contributed by atoms with Gasteiger partial charge in [-0.1, -0.05) is 0 Å². The topological polar surface area (TPSA) is 72.8 Å². The highest BCUT2D eigenvalue weighted by Gasteiger charge is 2.23. The van der Waals surface area contributed by atoms with E-state index in [1.165, 1.54) is 0 Å². The molecule has 0 aliphatic rings. The van der Waals surface area contributed by atoms with Gasteiger partial charge in [0.05, 0.1) is 11.2 Å². The predicted molar refractivity (Wildman–Crippen MR) is 69.6 cm³/mol. The third-order valence-electron chi connectivity index (χ3n) is 2.49. The smallest absolute Gasteiger partial charge is 0.255 e. The summed E-state index contributed by atoms with van der Waals surface area (Å²) in [5.74, 6) is -1.54. The fourth-order valence-electron chi connectivity index (χ4n) is 1.79. The fraction of sp³-hybridized carbons (Fsp3) is 0.462. The van der Waals surface area contributed by atoms with Crippen molar-refractivity contribution in [3.8, 4) is 5.75 Å². The van der Waals surface area contributed by atoms with Gasteiger partial charge in [-0.15, -0.1) is 0 Å². The van der Waals surface area contributed by atoms with Crippen LogP contribution in [0, 0.1) is 5.82 Å². The molecule has 106 valence electrons. The summed E-state index contributed by atoms with van der Waals surface area (Å²) in [5.41, 5.74) is -1.26. The van der Waals surface area contributed by atoms with Gasteiger partial charge in [0.2, 0.25) is 0 Å². The zero-order valence-corrected chi connectivity index (χ0v) is 11.3. The summed E-state index contributed by atoms with van der Waals surface area (Å²) < 4.78 is 13.0. The number of aliphatic hydroxyl groups is 1. The molecule has 6 heteroatoms. The first-order valence-electron chi connectivity index (χ1n) is 5.85. The van der Waals surface area contributed by atoms with E-state index in [2.05, 4.69) is 5.32 Å². The maximum Gasteiger partial charge on any atom is 0.255 e. The molecule has 0 fully saturated rings. The third-order valence-corrected chi connectivity index (χ3v) is 2.49. The Hall–Kier alpha value is -1.66. The minimum atomic E-state index is -1.11. The lowest BCUT2D eigenvalue weighted by Crippen LogP contribution is -2.47. The van der Waals surface area contributed by atoms with Crippen molar-refractivity contribution in [3.63, 3.8) is 0 Å². The maximum absolute atomic E-state index is 13.0. The molecule has 0 saturated carbocycles. The number of aromatic hydroxyl groups is 1. The lowest BCUT2D eigenvalue weighted by atomic mass is 10.1. The van der Waals surface area contributed by atoms with E-state index in [-0.39, 0.29) is 17.9 Å². The molecule has 3 N–H and O–H groups in total. The monoisotopic (exact) mass is 270 g/mol. The number of hydrogen-bond acceptors (Lipinski definition) is 4. The van der Waals surface area contributed by atoms with Crippen molar-refractivity contribution in [2.24, 2.45) is 0 Å². The molecule has 1 amide bonds. The average Bonchev–Trinajstić information content (AvgIpc) is 2.27. The van der Waals surface area contributed by atoms with E-state index < -0.39 is 17.3 Å². The van der Waals surface area contributed by atoms with Crippen LogP contribution in [0.1, 0.15) is 17.3 Å². The van der Waals surface area contributed by atoms with Crippen LogP contribution in [0.25, 0.3) is 0 Å². The molecule has 19 heavy (non-hydrogen) atoms. The van der Waals surface area contributed by atoms with Crippen molar-refractivity contribution in [2.75, 3.05) is 27.2 Å². The Balaban J connectivity index is 2.68. The molecule has 0 bridgehead atoms. The first-order valence-corrected chi connectivity index (χ1v) is 5.85. The van der Waals surface area contributed by atoms with Crippen LogP contribution in [0.5, 0.6) is 5.75 Å². The molecule has 0 aliphatic carbocycles. The molecule has 5 nitrogen and oxygen atoms in total. The van der Waals surface area contributed by atoms with Crippen LogP contribution in [0.4, 0.5) is 4.39 Å². The number of hydrogen-bond donors (Lipinski definition) is 3. The van der Waals surface area contributed by atoms with Gasteiger partial charge >= 0.3 is 0 Å². The quantitative estimate of drug-likeness (QED) is 0.731. The Morgan fingerprint density at radius 2 is 2.11 bits per heavy atom. The van der Waals surface area contributed by atoms with Gasteiger partial charge in [-0.25, -0.2) is 4.39 Å². The fourth-order valence-corrected chi connectivity index (χ4v) is 1.79. The lowest BCUT2D eigenvalue weighted by molar-refractivity contribution is 0.0325. The van der Waals surface area contributed by atoms with E-state index in [9.17, 15) is 19.4 Å². The number of benzene rings is 1. The highest BCUT2D eigenvalue weighted by molar-refractivity contribution is 5.96. The molecule has 0 spiro atoms. The number of halogens is 1. The molecular formula is C13H19FN2O3. The first-order chi connectivity index (χ1) is 8.71. The molecule has 0 heterocycles. The predicted octanol–water partition coefficient (Wildman–Crippen LogP) is 0.574. The van der Waals surface area contributed by atoms with E-state index in [0.717, 1.165) is 18.2 Å². The summed E-state index contributed by atoms with van der Waals surface area (Å²) in [4.78, 5) is 13.6. The Morgan fingerprint density at radius 1 is 1.47 bits per heavy atom. The number of nitrogens with one attached hydrogen (secondary N) is 1. The molecular weight excluding hydrogens is 251 g/mol. The van der Waals surface area contributed by atoms with E-state index in [0.29, 0.717) is 6.54 Å². The molecule has 1 aromatic carbocycles. The Morgan fingerprint density at radius 3 is 2.68 bits per heavy atom. The molecule has 0 aliphatic heterocycles. The first kappa shape index (κ1) is 15.4. The number of carbonyl (C=O) groups excluding carboxylic acids is 1. The van der Waals surface area contributed by atoms with Gasteiger partial charge in [-0.2, -0.15) is 0 Å². The van der Waals surface area contributed by atoms with Crippen molar-refractivity contribution < 1.29 is 19.4 Å². The number of carbonyl (C=O) groups is 1. The van der Waals surface area contributed by atoms with Crippen molar-refractivity contribution in [3.05, 3.63) is 29.6 Å². The summed E-state index contributed by atoms with van der Waals surface area (Å²) >= 11 is 0.